The van der Waals surface area contributed by atoms with Crippen molar-refractivity contribution in [1.82, 2.24) is 0 Å². The summed E-state index contributed by atoms with van der Waals surface area (Å²) in [5, 5.41) is 9.51. The van der Waals surface area contributed by atoms with Crippen molar-refractivity contribution in [2.45, 2.75) is 102 Å². The second-order valence-corrected chi connectivity index (χ2v) is 13.6. The third kappa shape index (κ3) is 10.5. The number of rotatable bonds is 9. The van der Waals surface area contributed by atoms with Gasteiger partial charge in [0.25, 0.3) is 0 Å². The second kappa shape index (κ2) is 11.2. The monoisotopic (exact) mass is 488 g/mol. The van der Waals surface area contributed by atoms with E-state index < -0.39 is 5.60 Å². The molecule has 1 aromatic rings. The van der Waals surface area contributed by atoms with Gasteiger partial charge in [0.05, 0.1) is 12.5 Å². The number of benzene rings is 1. The Balaban J connectivity index is 2.86. The van der Waals surface area contributed by atoms with Crippen LogP contribution < -0.4 is 0 Å². The lowest BCUT2D eigenvalue weighted by molar-refractivity contribution is -0.162. The fourth-order valence-electron chi connectivity index (χ4n) is 4.37. The van der Waals surface area contributed by atoms with E-state index in [0.717, 1.165) is 17.6 Å². The van der Waals surface area contributed by atoms with E-state index in [-0.39, 0.29) is 46.5 Å². The maximum Gasteiger partial charge on any atom is 0.334 e. The molecule has 0 fully saturated rings. The smallest absolute Gasteiger partial charge is 0.334 e. The van der Waals surface area contributed by atoms with Gasteiger partial charge in [0.1, 0.15) is 11.4 Å². The van der Waals surface area contributed by atoms with Crippen molar-refractivity contribution in [3.05, 3.63) is 35.4 Å². The number of allylic oxidation sites excluding steroid dienone is 1. The minimum absolute atomic E-state index is 0.0202. The highest BCUT2D eigenvalue weighted by atomic mass is 16.6. The van der Waals surface area contributed by atoms with Gasteiger partial charge in [-0.3, -0.25) is 4.79 Å². The van der Waals surface area contributed by atoms with Crippen LogP contribution >= 0.6 is 0 Å². The third-order valence-corrected chi connectivity index (χ3v) is 6.19. The fraction of sp³-hybridized carbons (Fsp3) is 0.667. The highest BCUT2D eigenvalue weighted by Crippen LogP contribution is 2.38. The normalized spacial score (nSPS) is 14.7. The summed E-state index contributed by atoms with van der Waals surface area (Å²) in [6.45, 7) is 24.3. The minimum atomic E-state index is -0.752. The largest absolute Gasteiger partial charge is 0.508 e. The molecule has 0 saturated carbocycles. The zero-order valence-electron chi connectivity index (χ0n) is 24.1. The molecule has 0 aliphatic rings. The molecule has 0 heterocycles. The number of phenols is 1. The number of phenolic OH excluding ortho intramolecular Hbond substituents is 1. The van der Waals surface area contributed by atoms with E-state index in [1.165, 1.54) is 0 Å². The van der Waals surface area contributed by atoms with Crippen molar-refractivity contribution in [2.24, 2.45) is 22.2 Å². The molecular weight excluding hydrogens is 440 g/mol. The molecule has 1 unspecified atom stereocenters. The fourth-order valence-corrected chi connectivity index (χ4v) is 4.37. The van der Waals surface area contributed by atoms with Crippen molar-refractivity contribution >= 4 is 17.5 Å². The molecule has 1 atom stereocenters. The Kier molecular flexibility index (Phi) is 9.81. The number of carbonyl (C=O) groups excluding carboxylic acids is 2. The molecule has 5 nitrogen and oxygen atoms in total. The van der Waals surface area contributed by atoms with Gasteiger partial charge in [-0.1, -0.05) is 67.5 Å². The molecule has 0 spiro atoms. The first-order chi connectivity index (χ1) is 15.6. The summed E-state index contributed by atoms with van der Waals surface area (Å²) in [6.07, 6.45) is 1.29. The van der Waals surface area contributed by atoms with Crippen LogP contribution in [0.5, 0.6) is 5.75 Å². The molecule has 0 bridgehead atoms. The van der Waals surface area contributed by atoms with Crippen LogP contribution in [0, 0.1) is 22.2 Å². The Bertz CT molecular complexity index is 906. The number of ether oxygens (including phenoxy) is 2. The average Bonchev–Trinajstić information content (AvgIpc) is 2.67. The van der Waals surface area contributed by atoms with Gasteiger partial charge in [0.2, 0.25) is 0 Å². The number of carbonyl (C=O) groups is 2. The van der Waals surface area contributed by atoms with E-state index in [4.69, 9.17) is 9.47 Å². The molecule has 0 aliphatic carbocycles. The topological polar surface area (TPSA) is 72.8 Å². The summed E-state index contributed by atoms with van der Waals surface area (Å²) in [5.41, 5.74) is 0.862. The Hall–Kier alpha value is -2.30. The van der Waals surface area contributed by atoms with Crippen molar-refractivity contribution in [3.8, 4) is 5.75 Å². The molecule has 1 rings (SSSR count). The molecule has 0 saturated heterocycles. The van der Waals surface area contributed by atoms with Crippen molar-refractivity contribution < 1.29 is 24.2 Å². The van der Waals surface area contributed by atoms with E-state index in [2.05, 4.69) is 41.5 Å². The number of hydrogen-bond acceptors (Lipinski definition) is 5. The van der Waals surface area contributed by atoms with Crippen LogP contribution in [0.4, 0.5) is 0 Å². The summed E-state index contributed by atoms with van der Waals surface area (Å²) in [4.78, 5) is 26.0. The van der Waals surface area contributed by atoms with Gasteiger partial charge in [0, 0.05) is 11.0 Å². The lowest BCUT2D eigenvalue weighted by Crippen LogP contribution is -2.38. The molecule has 35 heavy (non-hydrogen) atoms. The maximum atomic E-state index is 13.0. The molecule has 0 radical (unpaired) electrons. The summed E-state index contributed by atoms with van der Waals surface area (Å²) in [7, 11) is 0. The zero-order chi connectivity index (χ0) is 27.4. The van der Waals surface area contributed by atoms with Crippen molar-refractivity contribution in [2.75, 3.05) is 6.61 Å². The van der Waals surface area contributed by atoms with Crippen LogP contribution in [0.2, 0.25) is 0 Å². The molecule has 5 heteroatoms. The van der Waals surface area contributed by atoms with Crippen LogP contribution in [0.1, 0.15) is 101 Å². The zero-order valence-corrected chi connectivity index (χ0v) is 24.1. The third-order valence-electron chi connectivity index (χ3n) is 6.19. The average molecular weight is 489 g/mol. The standard InChI is InChI=1S/C30H48O5/c1-20(22-13-15-23(31)16-14-22)21(2)25(32)35-30(11,12)18-29(9,10)19-34-26(33)24(28(6,7)8)17-27(3,4)5/h13-16,24,31H,17-19H2,1-12H3/b21-20+. The maximum absolute atomic E-state index is 13.0. The first kappa shape index (κ1) is 30.7. The molecule has 0 amide bonds. The van der Waals surface area contributed by atoms with Crippen LogP contribution in [0.15, 0.2) is 29.8 Å². The van der Waals surface area contributed by atoms with E-state index in [0.29, 0.717) is 12.0 Å². The highest BCUT2D eigenvalue weighted by Gasteiger charge is 2.38. The molecular formula is C30H48O5. The van der Waals surface area contributed by atoms with Gasteiger partial charge in [0.15, 0.2) is 0 Å². The Morgan fingerprint density at radius 3 is 1.86 bits per heavy atom. The van der Waals surface area contributed by atoms with Crippen LogP contribution in [-0.4, -0.2) is 29.3 Å². The number of hydrogen-bond donors (Lipinski definition) is 1. The predicted octanol–water partition coefficient (Wildman–Crippen LogP) is 7.57. The summed E-state index contributed by atoms with van der Waals surface area (Å²) >= 11 is 0. The van der Waals surface area contributed by atoms with Gasteiger partial charge >= 0.3 is 11.9 Å². The van der Waals surface area contributed by atoms with E-state index >= 15 is 0 Å². The van der Waals surface area contributed by atoms with Gasteiger partial charge in [-0.25, -0.2) is 4.79 Å². The minimum Gasteiger partial charge on any atom is -0.508 e. The van der Waals surface area contributed by atoms with Gasteiger partial charge in [-0.05, 0) is 74.6 Å². The van der Waals surface area contributed by atoms with E-state index in [1.54, 1.807) is 31.2 Å². The predicted molar refractivity (Wildman–Crippen MR) is 143 cm³/mol. The summed E-state index contributed by atoms with van der Waals surface area (Å²) < 4.78 is 11.7. The van der Waals surface area contributed by atoms with Crippen LogP contribution in [0.3, 0.4) is 0 Å². The van der Waals surface area contributed by atoms with Crippen LogP contribution in [0.25, 0.3) is 5.57 Å². The lowest BCUT2D eigenvalue weighted by atomic mass is 9.72. The number of aromatic hydroxyl groups is 1. The molecule has 1 aromatic carbocycles. The second-order valence-electron chi connectivity index (χ2n) is 13.6. The Morgan fingerprint density at radius 1 is 0.886 bits per heavy atom. The van der Waals surface area contributed by atoms with Crippen molar-refractivity contribution in [3.63, 3.8) is 0 Å². The summed E-state index contributed by atoms with van der Waals surface area (Å²) in [6, 6.07) is 6.73. The molecule has 198 valence electrons. The summed E-state index contributed by atoms with van der Waals surface area (Å²) in [5.74, 6) is -0.567. The first-order valence-corrected chi connectivity index (χ1v) is 12.5. The van der Waals surface area contributed by atoms with E-state index in [9.17, 15) is 14.7 Å². The lowest BCUT2D eigenvalue weighted by Gasteiger charge is -2.37. The van der Waals surface area contributed by atoms with Gasteiger partial charge in [-0.2, -0.15) is 0 Å². The van der Waals surface area contributed by atoms with Crippen molar-refractivity contribution in [1.29, 1.82) is 0 Å². The molecule has 0 aliphatic heterocycles. The first-order valence-electron chi connectivity index (χ1n) is 12.5. The Morgan fingerprint density at radius 2 is 1.40 bits per heavy atom. The Labute approximate surface area is 213 Å². The number of esters is 2. The SMILES string of the molecule is C/C(C(=O)OC(C)(C)CC(C)(C)COC(=O)C(CC(C)(C)C)C(C)(C)C)=C(/C)c1ccc(O)cc1. The molecule has 0 aromatic heterocycles. The van der Waals surface area contributed by atoms with Gasteiger partial charge in [-0.15, -0.1) is 0 Å². The quantitative estimate of drug-likeness (QED) is 0.287. The highest BCUT2D eigenvalue weighted by molar-refractivity contribution is 5.96. The molecule has 1 N–H and O–H groups in total. The van der Waals surface area contributed by atoms with E-state index in [1.807, 2.05) is 34.6 Å². The van der Waals surface area contributed by atoms with Crippen LogP contribution in [-0.2, 0) is 19.1 Å². The van der Waals surface area contributed by atoms with Gasteiger partial charge < -0.3 is 14.6 Å².